The molecule has 1 fully saturated rings. The van der Waals surface area contributed by atoms with E-state index in [1.807, 2.05) is 19.1 Å². The number of nitrogens with one attached hydrogen (secondary N) is 1. The Kier molecular flexibility index (Phi) is 4.05. The number of aryl methyl sites for hydroxylation is 1. The van der Waals surface area contributed by atoms with Crippen LogP contribution >= 0.6 is 12.2 Å². The normalized spacial score (nSPS) is 19.0. The highest BCUT2D eigenvalue weighted by molar-refractivity contribution is 7.91. The van der Waals surface area contributed by atoms with E-state index in [4.69, 9.17) is 18.0 Å². The van der Waals surface area contributed by atoms with Crippen molar-refractivity contribution in [2.75, 3.05) is 16.8 Å². The van der Waals surface area contributed by atoms with E-state index in [0.29, 0.717) is 29.2 Å². The van der Waals surface area contributed by atoms with Crippen LogP contribution in [0.15, 0.2) is 12.1 Å². The molecule has 1 aliphatic rings. The summed E-state index contributed by atoms with van der Waals surface area (Å²) in [5, 5.41) is 3.27. The molecule has 1 saturated heterocycles. The molecule has 5 nitrogen and oxygen atoms in total. The maximum Gasteiger partial charge on any atom is 0.150 e. The van der Waals surface area contributed by atoms with Gasteiger partial charge in [-0.3, -0.25) is 0 Å². The molecule has 0 unspecified atom stereocenters. The first-order valence-electron chi connectivity index (χ1n) is 6.12. The molecule has 2 heterocycles. The van der Waals surface area contributed by atoms with Gasteiger partial charge in [-0.2, -0.15) is 0 Å². The zero-order valence-electron chi connectivity index (χ0n) is 10.7. The van der Waals surface area contributed by atoms with Crippen molar-refractivity contribution in [2.24, 2.45) is 5.73 Å². The van der Waals surface area contributed by atoms with Gasteiger partial charge in [0.2, 0.25) is 0 Å². The molecule has 0 bridgehead atoms. The first kappa shape index (κ1) is 14.2. The number of hydrogen-bond acceptors (Lipinski definition) is 5. The van der Waals surface area contributed by atoms with Gasteiger partial charge in [0.15, 0.2) is 0 Å². The standard InChI is InChI=1S/C12H17N3O2S2/c1-8-2-3-10(11(13)18)12(14-8)15-9-4-6-19(16,17)7-5-9/h2-3,9H,4-7H2,1H3,(H2,13,18)(H,14,15). The van der Waals surface area contributed by atoms with Crippen molar-refractivity contribution in [3.8, 4) is 0 Å². The van der Waals surface area contributed by atoms with Crippen LogP contribution in [0.25, 0.3) is 0 Å². The van der Waals surface area contributed by atoms with E-state index in [9.17, 15) is 8.42 Å². The molecule has 2 rings (SSSR count). The van der Waals surface area contributed by atoms with Gasteiger partial charge in [0.05, 0.1) is 17.1 Å². The molecular formula is C12H17N3O2S2. The monoisotopic (exact) mass is 299 g/mol. The summed E-state index contributed by atoms with van der Waals surface area (Å²) < 4.78 is 22.8. The predicted octanol–water partition coefficient (Wildman–Crippen LogP) is 1.01. The minimum atomic E-state index is -2.85. The summed E-state index contributed by atoms with van der Waals surface area (Å²) in [6.07, 6.45) is 1.18. The Morgan fingerprint density at radius 3 is 2.63 bits per heavy atom. The maximum atomic E-state index is 11.4. The molecule has 7 heteroatoms. The van der Waals surface area contributed by atoms with Crippen LogP contribution in [0.5, 0.6) is 0 Å². The molecule has 0 radical (unpaired) electrons. The first-order valence-corrected chi connectivity index (χ1v) is 8.35. The van der Waals surface area contributed by atoms with E-state index in [1.165, 1.54) is 0 Å². The van der Waals surface area contributed by atoms with Crippen molar-refractivity contribution < 1.29 is 8.42 Å². The highest BCUT2D eigenvalue weighted by Gasteiger charge is 2.24. The van der Waals surface area contributed by atoms with Crippen LogP contribution in [0, 0.1) is 6.92 Å². The number of sulfone groups is 1. The van der Waals surface area contributed by atoms with Crippen LogP contribution in [0.1, 0.15) is 24.1 Å². The van der Waals surface area contributed by atoms with Crippen LogP contribution < -0.4 is 11.1 Å². The van der Waals surface area contributed by atoms with Crippen molar-refractivity contribution in [2.45, 2.75) is 25.8 Å². The molecule has 19 heavy (non-hydrogen) atoms. The fourth-order valence-corrected chi connectivity index (χ4v) is 3.75. The zero-order valence-corrected chi connectivity index (χ0v) is 12.4. The van der Waals surface area contributed by atoms with Crippen LogP contribution in [0.2, 0.25) is 0 Å². The second kappa shape index (κ2) is 5.42. The van der Waals surface area contributed by atoms with Gasteiger partial charge >= 0.3 is 0 Å². The Morgan fingerprint density at radius 2 is 2.05 bits per heavy atom. The number of anilines is 1. The average molecular weight is 299 g/mol. The zero-order chi connectivity index (χ0) is 14.0. The Bertz CT molecular complexity index is 585. The quantitative estimate of drug-likeness (QED) is 0.810. The van der Waals surface area contributed by atoms with E-state index in [1.54, 1.807) is 0 Å². The minimum Gasteiger partial charge on any atom is -0.389 e. The van der Waals surface area contributed by atoms with Gasteiger partial charge in [-0.25, -0.2) is 13.4 Å². The molecule has 0 spiro atoms. The van der Waals surface area contributed by atoms with E-state index in [2.05, 4.69) is 10.3 Å². The Labute approximate surface area is 118 Å². The highest BCUT2D eigenvalue weighted by Crippen LogP contribution is 2.20. The molecule has 1 aromatic heterocycles. The summed E-state index contributed by atoms with van der Waals surface area (Å²) in [5.41, 5.74) is 7.24. The topological polar surface area (TPSA) is 85.1 Å². The number of rotatable bonds is 3. The summed E-state index contributed by atoms with van der Waals surface area (Å²) in [6.45, 7) is 1.89. The van der Waals surface area contributed by atoms with E-state index < -0.39 is 9.84 Å². The third kappa shape index (κ3) is 3.63. The largest absolute Gasteiger partial charge is 0.389 e. The van der Waals surface area contributed by atoms with Crippen molar-refractivity contribution in [1.29, 1.82) is 0 Å². The fraction of sp³-hybridized carbons (Fsp3) is 0.500. The Hall–Kier alpha value is -1.21. The lowest BCUT2D eigenvalue weighted by molar-refractivity contribution is 0.559. The lowest BCUT2D eigenvalue weighted by Crippen LogP contribution is -2.33. The molecule has 104 valence electrons. The molecule has 1 aromatic rings. The van der Waals surface area contributed by atoms with Gasteiger partial charge in [-0.1, -0.05) is 12.2 Å². The van der Waals surface area contributed by atoms with E-state index >= 15 is 0 Å². The van der Waals surface area contributed by atoms with Gasteiger partial charge in [-0.05, 0) is 31.9 Å². The van der Waals surface area contributed by atoms with E-state index in [-0.39, 0.29) is 17.5 Å². The first-order chi connectivity index (χ1) is 8.87. The van der Waals surface area contributed by atoms with E-state index in [0.717, 1.165) is 5.69 Å². The second-order valence-corrected chi connectivity index (χ2v) is 7.53. The van der Waals surface area contributed by atoms with Gasteiger partial charge in [0, 0.05) is 11.7 Å². The third-order valence-electron chi connectivity index (χ3n) is 3.20. The van der Waals surface area contributed by atoms with Crippen LogP contribution in [-0.4, -0.2) is 35.9 Å². The lowest BCUT2D eigenvalue weighted by atomic mass is 10.1. The molecule has 1 aliphatic heterocycles. The number of thiocarbonyl (C=S) groups is 1. The van der Waals surface area contributed by atoms with Crippen molar-refractivity contribution >= 4 is 32.9 Å². The van der Waals surface area contributed by atoms with Crippen LogP contribution in [-0.2, 0) is 9.84 Å². The number of nitrogens with zero attached hydrogens (tertiary/aromatic N) is 1. The summed E-state index contributed by atoms with van der Waals surface area (Å²) >= 11 is 5.00. The SMILES string of the molecule is Cc1ccc(C(N)=S)c(NC2CCS(=O)(=O)CC2)n1. The number of aromatic nitrogens is 1. The fourth-order valence-electron chi connectivity index (χ4n) is 2.09. The van der Waals surface area contributed by atoms with Crippen molar-refractivity contribution in [3.63, 3.8) is 0 Å². The maximum absolute atomic E-state index is 11.4. The molecular weight excluding hydrogens is 282 g/mol. The third-order valence-corrected chi connectivity index (χ3v) is 5.13. The average Bonchev–Trinajstić information content (AvgIpc) is 2.31. The van der Waals surface area contributed by atoms with Crippen LogP contribution in [0.4, 0.5) is 5.82 Å². The molecule has 0 aliphatic carbocycles. The lowest BCUT2D eigenvalue weighted by Gasteiger charge is -2.24. The predicted molar refractivity (Wildman–Crippen MR) is 80.2 cm³/mol. The van der Waals surface area contributed by atoms with Crippen molar-refractivity contribution in [3.05, 3.63) is 23.4 Å². The summed E-state index contributed by atoms with van der Waals surface area (Å²) in [4.78, 5) is 4.69. The van der Waals surface area contributed by atoms with Gasteiger partial charge in [-0.15, -0.1) is 0 Å². The number of hydrogen-bond donors (Lipinski definition) is 2. The molecule has 0 amide bonds. The summed E-state index contributed by atoms with van der Waals surface area (Å²) in [6, 6.07) is 3.79. The highest BCUT2D eigenvalue weighted by atomic mass is 32.2. The van der Waals surface area contributed by atoms with Gasteiger partial charge < -0.3 is 11.1 Å². The molecule has 3 N–H and O–H groups in total. The molecule has 0 aromatic carbocycles. The van der Waals surface area contributed by atoms with Crippen LogP contribution in [0.3, 0.4) is 0 Å². The second-order valence-electron chi connectivity index (χ2n) is 4.78. The van der Waals surface area contributed by atoms with Gasteiger partial charge in [0.1, 0.15) is 20.6 Å². The minimum absolute atomic E-state index is 0.103. The summed E-state index contributed by atoms with van der Waals surface area (Å²) in [7, 11) is -2.85. The Balaban J connectivity index is 2.15. The number of nitrogens with two attached hydrogens (primary N) is 1. The van der Waals surface area contributed by atoms with Crippen molar-refractivity contribution in [1.82, 2.24) is 4.98 Å². The number of pyridine rings is 1. The van der Waals surface area contributed by atoms with Gasteiger partial charge in [0.25, 0.3) is 0 Å². The summed E-state index contributed by atoms with van der Waals surface area (Å²) in [5.74, 6) is 1.09. The molecule has 0 atom stereocenters. The Morgan fingerprint density at radius 1 is 1.42 bits per heavy atom. The molecule has 0 saturated carbocycles. The smallest absolute Gasteiger partial charge is 0.150 e.